The topological polar surface area (TPSA) is 96.0 Å². The molecule has 0 aliphatic rings. The quantitative estimate of drug-likeness (QED) is 0.524. The normalized spacial score (nSPS) is 9.65. The van der Waals surface area contributed by atoms with Gasteiger partial charge < -0.3 is 13.6 Å². The molecule has 0 aromatic heterocycles. The van der Waals surface area contributed by atoms with Crippen molar-refractivity contribution in [3.63, 3.8) is 0 Å². The lowest BCUT2D eigenvalue weighted by Crippen LogP contribution is -2.10. The zero-order valence-electron chi connectivity index (χ0n) is 8.66. The van der Waals surface area contributed by atoms with Crippen molar-refractivity contribution in [2.75, 3.05) is 0 Å². The molecule has 0 aromatic carbocycles. The zero-order chi connectivity index (χ0) is 13.5. The van der Waals surface area contributed by atoms with E-state index in [1.165, 1.54) is 0 Å². The van der Waals surface area contributed by atoms with E-state index in [9.17, 15) is 18.9 Å². The molecular formula is C9H9O7P. The van der Waals surface area contributed by atoms with E-state index in [1.54, 1.807) is 0 Å². The molecule has 0 saturated heterocycles. The first-order valence-electron chi connectivity index (χ1n) is 4.05. The average molecular weight is 260 g/mol. The van der Waals surface area contributed by atoms with Gasteiger partial charge in [-0.2, -0.15) is 4.57 Å². The van der Waals surface area contributed by atoms with Gasteiger partial charge in [-0.05, 0) is 0 Å². The van der Waals surface area contributed by atoms with Crippen molar-refractivity contribution in [1.82, 2.24) is 0 Å². The smallest absolute Gasteiger partial charge is 0.348 e. The van der Waals surface area contributed by atoms with Crippen molar-refractivity contribution in [3.05, 3.63) is 38.0 Å². The monoisotopic (exact) mass is 260 g/mol. The summed E-state index contributed by atoms with van der Waals surface area (Å²) < 4.78 is 24.1. The molecule has 8 heteroatoms. The second-order valence-electron chi connectivity index (χ2n) is 2.29. The Morgan fingerprint density at radius 1 is 0.765 bits per heavy atom. The van der Waals surface area contributed by atoms with E-state index >= 15 is 0 Å². The molecule has 0 spiro atoms. The van der Waals surface area contributed by atoms with Crippen molar-refractivity contribution in [2.24, 2.45) is 0 Å². The van der Waals surface area contributed by atoms with Crippen LogP contribution in [0.15, 0.2) is 38.0 Å². The first-order valence-corrected chi connectivity index (χ1v) is 5.51. The Morgan fingerprint density at radius 2 is 1.00 bits per heavy atom. The number of rotatable bonds is 6. The third kappa shape index (κ3) is 5.48. The van der Waals surface area contributed by atoms with E-state index in [2.05, 4.69) is 33.3 Å². The molecular weight excluding hydrogens is 251 g/mol. The Kier molecular flexibility index (Phi) is 5.63. The lowest BCUT2D eigenvalue weighted by Gasteiger charge is -2.13. The van der Waals surface area contributed by atoms with Crippen molar-refractivity contribution in [3.8, 4) is 0 Å². The fourth-order valence-electron chi connectivity index (χ4n) is 0.498. The van der Waals surface area contributed by atoms with Gasteiger partial charge in [0.15, 0.2) is 0 Å². The summed E-state index contributed by atoms with van der Waals surface area (Å²) in [5.41, 5.74) is 0. The average Bonchev–Trinajstić information content (AvgIpc) is 2.27. The molecule has 0 aliphatic carbocycles. The Hall–Kier alpha value is -2.14. The first-order chi connectivity index (χ1) is 7.86. The van der Waals surface area contributed by atoms with Crippen LogP contribution in [0.3, 0.4) is 0 Å². The summed E-state index contributed by atoms with van der Waals surface area (Å²) in [6.45, 7) is 9.08. The van der Waals surface area contributed by atoms with Crippen LogP contribution in [0.5, 0.6) is 0 Å². The predicted octanol–water partition coefficient (Wildman–Crippen LogP) is 1.28. The number of phosphoric acid groups is 1. The highest BCUT2D eigenvalue weighted by atomic mass is 31.2. The Morgan fingerprint density at radius 3 is 1.18 bits per heavy atom. The molecule has 0 N–H and O–H groups in total. The number of hydrogen-bond acceptors (Lipinski definition) is 7. The number of hydrogen-bond donors (Lipinski definition) is 0. The maximum Gasteiger partial charge on any atom is 0.654 e. The molecule has 0 heterocycles. The molecule has 0 saturated carbocycles. The van der Waals surface area contributed by atoms with Crippen LogP contribution >= 0.6 is 7.82 Å². The fraction of sp³-hybridized carbons (Fsp3) is 0. The van der Waals surface area contributed by atoms with E-state index in [0.29, 0.717) is 18.2 Å². The van der Waals surface area contributed by atoms with Crippen LogP contribution in [0.25, 0.3) is 0 Å². The first kappa shape index (κ1) is 14.9. The molecule has 0 aromatic rings. The minimum atomic E-state index is -4.70. The van der Waals surface area contributed by atoms with E-state index < -0.39 is 25.7 Å². The minimum absolute atomic E-state index is 0.649. The number of carbonyl (C=O) groups is 3. The van der Waals surface area contributed by atoms with E-state index in [-0.39, 0.29) is 0 Å². The summed E-state index contributed by atoms with van der Waals surface area (Å²) in [4.78, 5) is 32.5. The Labute approximate surface area is 97.0 Å². The molecule has 0 rings (SSSR count). The van der Waals surface area contributed by atoms with Crippen molar-refractivity contribution >= 4 is 25.7 Å². The summed E-state index contributed by atoms with van der Waals surface area (Å²) in [7, 11) is -4.70. The van der Waals surface area contributed by atoms with Gasteiger partial charge in [0.1, 0.15) is 0 Å². The van der Waals surface area contributed by atoms with Gasteiger partial charge >= 0.3 is 25.7 Å². The third-order valence-corrected chi connectivity index (χ3v) is 2.32. The molecule has 0 atom stereocenters. The van der Waals surface area contributed by atoms with Gasteiger partial charge in [0.25, 0.3) is 0 Å². The fourth-order valence-corrected chi connectivity index (χ4v) is 1.49. The van der Waals surface area contributed by atoms with E-state index in [0.717, 1.165) is 0 Å². The molecule has 92 valence electrons. The molecule has 0 amide bonds. The number of carbonyl (C=O) groups excluding carboxylic acids is 3. The number of phosphoric ester groups is 1. The Balaban J connectivity index is 4.98. The molecule has 0 bridgehead atoms. The van der Waals surface area contributed by atoms with Crippen LogP contribution in [0.1, 0.15) is 0 Å². The highest BCUT2D eigenvalue weighted by molar-refractivity contribution is 7.50. The molecule has 0 fully saturated rings. The Bertz CT molecular complexity index is 361. The van der Waals surface area contributed by atoms with E-state index in [1.807, 2.05) is 0 Å². The lowest BCUT2D eigenvalue weighted by atomic mass is 10.7. The van der Waals surface area contributed by atoms with Gasteiger partial charge in [-0.15, -0.1) is 0 Å². The second kappa shape index (κ2) is 6.44. The summed E-state index contributed by atoms with van der Waals surface area (Å²) in [5, 5.41) is 0. The third-order valence-electron chi connectivity index (χ3n) is 1.11. The largest absolute Gasteiger partial charge is 0.654 e. The van der Waals surface area contributed by atoms with Crippen molar-refractivity contribution < 1.29 is 32.5 Å². The van der Waals surface area contributed by atoms with Crippen molar-refractivity contribution in [1.29, 1.82) is 0 Å². The van der Waals surface area contributed by atoms with Gasteiger partial charge in [-0.25, -0.2) is 14.4 Å². The minimum Gasteiger partial charge on any atom is -0.348 e. The SMILES string of the molecule is C=CC(=O)OP(=O)(OC(=O)C=C)OC(=O)C=C. The standard InChI is InChI=1S/C9H9O7P/c1-4-7(10)14-17(13,15-8(11)5-2)16-9(12)6-3/h4-6H,1-3H2. The molecule has 0 radical (unpaired) electrons. The van der Waals surface area contributed by atoms with Crippen molar-refractivity contribution in [2.45, 2.75) is 0 Å². The summed E-state index contributed by atoms with van der Waals surface area (Å²) in [6.07, 6.45) is 1.95. The summed E-state index contributed by atoms with van der Waals surface area (Å²) in [6, 6.07) is 0. The predicted molar refractivity (Wildman–Crippen MR) is 56.5 cm³/mol. The van der Waals surface area contributed by atoms with Gasteiger partial charge in [0.2, 0.25) is 0 Å². The maximum absolute atomic E-state index is 11.6. The lowest BCUT2D eigenvalue weighted by molar-refractivity contribution is -0.138. The van der Waals surface area contributed by atoms with Gasteiger partial charge in [0.05, 0.1) is 0 Å². The highest BCUT2D eigenvalue weighted by Crippen LogP contribution is 2.50. The van der Waals surface area contributed by atoms with Gasteiger partial charge in [0, 0.05) is 18.2 Å². The van der Waals surface area contributed by atoms with Crippen LogP contribution < -0.4 is 0 Å². The molecule has 0 unspecified atom stereocenters. The summed E-state index contributed by atoms with van der Waals surface area (Å²) >= 11 is 0. The van der Waals surface area contributed by atoms with E-state index in [4.69, 9.17) is 0 Å². The van der Waals surface area contributed by atoms with Crippen LogP contribution in [0, 0.1) is 0 Å². The molecule has 7 nitrogen and oxygen atoms in total. The van der Waals surface area contributed by atoms with Crippen LogP contribution in [0.4, 0.5) is 0 Å². The molecule has 17 heavy (non-hydrogen) atoms. The van der Waals surface area contributed by atoms with Crippen LogP contribution in [-0.2, 0) is 32.5 Å². The molecule has 0 aliphatic heterocycles. The maximum atomic E-state index is 11.6. The van der Waals surface area contributed by atoms with Crippen LogP contribution in [0.2, 0.25) is 0 Å². The van der Waals surface area contributed by atoms with Gasteiger partial charge in [-0.1, -0.05) is 19.7 Å². The summed E-state index contributed by atoms with van der Waals surface area (Å²) in [5.74, 6) is -3.58. The van der Waals surface area contributed by atoms with Crippen LogP contribution in [-0.4, -0.2) is 17.9 Å². The highest BCUT2D eigenvalue weighted by Gasteiger charge is 2.37. The second-order valence-corrected chi connectivity index (χ2v) is 3.73. The zero-order valence-corrected chi connectivity index (χ0v) is 9.55. The van der Waals surface area contributed by atoms with Gasteiger partial charge in [-0.3, -0.25) is 0 Å².